The molecule has 1 aliphatic heterocycles. The van der Waals surface area contributed by atoms with Gasteiger partial charge in [0, 0.05) is 25.3 Å². The number of fused-ring (bicyclic) bond motifs is 1. The number of nitrogens with zero attached hydrogens (tertiary/aromatic N) is 2. The first-order chi connectivity index (χ1) is 16.0. The topological polar surface area (TPSA) is 71.4 Å². The van der Waals surface area contributed by atoms with Crippen LogP contribution >= 0.6 is 11.3 Å². The first-order valence-corrected chi connectivity index (χ1v) is 13.3. The lowest BCUT2D eigenvalue weighted by molar-refractivity contribution is 0.581. The molecule has 0 saturated carbocycles. The van der Waals surface area contributed by atoms with Crippen molar-refractivity contribution in [1.82, 2.24) is 9.29 Å². The summed E-state index contributed by atoms with van der Waals surface area (Å²) in [5, 5.41) is 0. The average Bonchev–Trinajstić information content (AvgIpc) is 3.47. The molecular weight excluding hydrogens is 454 g/mol. The molecule has 0 radical (unpaired) electrons. The van der Waals surface area contributed by atoms with Crippen molar-refractivity contribution in [1.29, 1.82) is 0 Å². The van der Waals surface area contributed by atoms with Crippen LogP contribution in [0.3, 0.4) is 0 Å². The van der Waals surface area contributed by atoms with Gasteiger partial charge in [0.1, 0.15) is 0 Å². The summed E-state index contributed by atoms with van der Waals surface area (Å²) in [5.74, 6) is 0. The van der Waals surface area contributed by atoms with E-state index in [2.05, 4.69) is 9.62 Å². The van der Waals surface area contributed by atoms with Crippen LogP contribution in [-0.2, 0) is 23.1 Å². The molecule has 1 aliphatic rings. The van der Waals surface area contributed by atoms with Crippen molar-refractivity contribution in [3.63, 3.8) is 0 Å². The Kier molecular flexibility index (Phi) is 6.05. The van der Waals surface area contributed by atoms with Gasteiger partial charge in [-0.3, -0.25) is 9.36 Å². The van der Waals surface area contributed by atoms with Crippen molar-refractivity contribution in [2.45, 2.75) is 30.8 Å². The van der Waals surface area contributed by atoms with Crippen molar-refractivity contribution in [2.24, 2.45) is 0 Å². The maximum atomic E-state index is 12.9. The lowest BCUT2D eigenvalue weighted by Crippen LogP contribution is -2.23. The van der Waals surface area contributed by atoms with E-state index in [0.29, 0.717) is 11.2 Å². The van der Waals surface area contributed by atoms with Crippen molar-refractivity contribution in [3.8, 4) is 0 Å². The van der Waals surface area contributed by atoms with Crippen LogP contribution in [0, 0.1) is 0 Å². The standard InChI is InChI=1S/C25H25N3O3S2/c29-25-28(18-20-6-2-1-3-7-20)23-13-12-22(16-24(23)32-25)33(30,31)26-17-19-8-10-21(11-9-19)27-14-4-5-15-27/h1-3,6-13,16,26H,4-5,14-15,17-18H2. The normalized spacial score (nSPS) is 14.2. The predicted octanol–water partition coefficient (Wildman–Crippen LogP) is 4.19. The zero-order valence-electron chi connectivity index (χ0n) is 18.1. The number of aromatic nitrogens is 1. The molecule has 1 N–H and O–H groups in total. The van der Waals surface area contributed by atoms with Gasteiger partial charge in [0.25, 0.3) is 0 Å². The molecule has 1 saturated heterocycles. The van der Waals surface area contributed by atoms with Gasteiger partial charge in [-0.1, -0.05) is 53.8 Å². The molecule has 5 rings (SSSR count). The molecule has 1 aromatic heterocycles. The Morgan fingerprint density at radius 2 is 1.61 bits per heavy atom. The van der Waals surface area contributed by atoms with E-state index in [0.717, 1.165) is 41.1 Å². The Balaban J connectivity index is 1.32. The minimum absolute atomic E-state index is 0.102. The van der Waals surface area contributed by atoms with E-state index >= 15 is 0 Å². The number of thiazole rings is 1. The highest BCUT2D eigenvalue weighted by Crippen LogP contribution is 2.23. The van der Waals surface area contributed by atoms with Crippen LogP contribution in [0.15, 0.2) is 82.5 Å². The number of benzene rings is 3. The van der Waals surface area contributed by atoms with Gasteiger partial charge in [-0.15, -0.1) is 0 Å². The molecule has 0 unspecified atom stereocenters. The third kappa shape index (κ3) is 4.73. The van der Waals surface area contributed by atoms with Crippen LogP contribution in [-0.4, -0.2) is 26.1 Å². The van der Waals surface area contributed by atoms with E-state index in [-0.39, 0.29) is 16.3 Å². The van der Waals surface area contributed by atoms with Crippen LogP contribution in [0.2, 0.25) is 0 Å². The lowest BCUT2D eigenvalue weighted by atomic mass is 10.2. The minimum Gasteiger partial charge on any atom is -0.372 e. The summed E-state index contributed by atoms with van der Waals surface area (Å²) in [6.07, 6.45) is 2.44. The first-order valence-electron chi connectivity index (χ1n) is 11.0. The highest BCUT2D eigenvalue weighted by molar-refractivity contribution is 7.89. The van der Waals surface area contributed by atoms with Gasteiger partial charge in [-0.25, -0.2) is 13.1 Å². The summed E-state index contributed by atoms with van der Waals surface area (Å²) < 4.78 is 30.8. The van der Waals surface area contributed by atoms with Crippen LogP contribution < -0.4 is 14.5 Å². The zero-order chi connectivity index (χ0) is 22.8. The van der Waals surface area contributed by atoms with E-state index in [1.807, 2.05) is 54.6 Å². The number of hydrogen-bond acceptors (Lipinski definition) is 5. The van der Waals surface area contributed by atoms with Gasteiger partial charge in [0.05, 0.1) is 21.7 Å². The summed E-state index contributed by atoms with van der Waals surface area (Å²) >= 11 is 1.07. The quantitative estimate of drug-likeness (QED) is 0.432. The molecule has 0 atom stereocenters. The molecule has 0 amide bonds. The SMILES string of the molecule is O=c1sc2cc(S(=O)(=O)NCc3ccc(N4CCCC4)cc3)ccc2n1Cc1ccccc1. The van der Waals surface area contributed by atoms with Gasteiger partial charge in [0.2, 0.25) is 10.0 Å². The van der Waals surface area contributed by atoms with Crippen molar-refractivity contribution < 1.29 is 8.42 Å². The minimum atomic E-state index is -3.70. The third-order valence-corrected chi connectivity index (χ3v) is 8.35. The van der Waals surface area contributed by atoms with Gasteiger partial charge in [-0.05, 0) is 54.3 Å². The van der Waals surface area contributed by atoms with Gasteiger partial charge in [0.15, 0.2) is 0 Å². The molecule has 0 aliphatic carbocycles. The molecule has 6 nitrogen and oxygen atoms in total. The van der Waals surface area contributed by atoms with Crippen LogP contribution in [0.5, 0.6) is 0 Å². The Hall–Kier alpha value is -2.94. The Labute approximate surface area is 197 Å². The number of nitrogens with one attached hydrogen (secondary N) is 1. The fraction of sp³-hybridized carbons (Fsp3) is 0.240. The molecule has 0 spiro atoms. The van der Waals surface area contributed by atoms with Gasteiger partial charge in [-0.2, -0.15) is 0 Å². The average molecular weight is 480 g/mol. The Morgan fingerprint density at radius 3 is 2.33 bits per heavy atom. The van der Waals surface area contributed by atoms with E-state index in [4.69, 9.17) is 0 Å². The van der Waals surface area contributed by atoms with E-state index in [1.165, 1.54) is 18.5 Å². The van der Waals surface area contributed by atoms with Crippen LogP contribution in [0.1, 0.15) is 24.0 Å². The van der Waals surface area contributed by atoms with Crippen LogP contribution in [0.25, 0.3) is 10.2 Å². The first kappa shape index (κ1) is 21.9. The molecule has 3 aromatic carbocycles. The maximum Gasteiger partial charge on any atom is 0.308 e. The van der Waals surface area contributed by atoms with Crippen molar-refractivity contribution >= 4 is 37.3 Å². The predicted molar refractivity (Wildman–Crippen MR) is 134 cm³/mol. The Bertz CT molecular complexity index is 1420. The second-order valence-electron chi connectivity index (χ2n) is 8.25. The number of anilines is 1. The highest BCUT2D eigenvalue weighted by Gasteiger charge is 2.17. The maximum absolute atomic E-state index is 12.9. The zero-order valence-corrected chi connectivity index (χ0v) is 19.7. The molecule has 0 bridgehead atoms. The molecule has 1 fully saturated rings. The molecule has 8 heteroatoms. The largest absolute Gasteiger partial charge is 0.372 e. The van der Waals surface area contributed by atoms with Gasteiger partial charge >= 0.3 is 4.87 Å². The molecule has 170 valence electrons. The molecule has 33 heavy (non-hydrogen) atoms. The molecular formula is C25H25N3O3S2. The number of hydrogen-bond donors (Lipinski definition) is 1. The summed E-state index contributed by atoms with van der Waals surface area (Å²) in [5.41, 5.74) is 3.85. The second kappa shape index (κ2) is 9.13. The summed E-state index contributed by atoms with van der Waals surface area (Å²) in [6, 6.07) is 22.6. The fourth-order valence-electron chi connectivity index (χ4n) is 4.19. The summed E-state index contributed by atoms with van der Waals surface area (Å²) in [7, 11) is -3.70. The number of rotatable bonds is 7. The van der Waals surface area contributed by atoms with E-state index in [1.54, 1.807) is 22.8 Å². The fourth-order valence-corrected chi connectivity index (χ4v) is 6.24. The highest BCUT2D eigenvalue weighted by atomic mass is 32.2. The molecule has 2 heterocycles. The van der Waals surface area contributed by atoms with Crippen molar-refractivity contribution in [2.75, 3.05) is 18.0 Å². The molecule has 4 aromatic rings. The lowest BCUT2D eigenvalue weighted by Gasteiger charge is -2.17. The smallest absolute Gasteiger partial charge is 0.308 e. The second-order valence-corrected chi connectivity index (χ2v) is 11.0. The monoisotopic (exact) mass is 479 g/mol. The Morgan fingerprint density at radius 1 is 0.879 bits per heavy atom. The third-order valence-electron chi connectivity index (χ3n) is 6.01. The van der Waals surface area contributed by atoms with Crippen molar-refractivity contribution in [3.05, 3.63) is 93.6 Å². The van der Waals surface area contributed by atoms with E-state index in [9.17, 15) is 13.2 Å². The number of sulfonamides is 1. The van der Waals surface area contributed by atoms with Gasteiger partial charge < -0.3 is 4.90 Å². The summed E-state index contributed by atoms with van der Waals surface area (Å²) in [4.78, 5) is 15.0. The van der Waals surface area contributed by atoms with Crippen LogP contribution in [0.4, 0.5) is 5.69 Å². The van der Waals surface area contributed by atoms with E-state index < -0.39 is 10.0 Å². The summed E-state index contributed by atoms with van der Waals surface area (Å²) in [6.45, 7) is 2.82.